The van der Waals surface area contributed by atoms with E-state index >= 15 is 0 Å². The summed E-state index contributed by atoms with van der Waals surface area (Å²) in [5.74, 6) is 1.96. The topological polar surface area (TPSA) is 81.4 Å². The van der Waals surface area contributed by atoms with Gasteiger partial charge >= 0.3 is 0 Å². The molecule has 5 aromatic rings. The third-order valence-corrected chi connectivity index (χ3v) is 6.37. The van der Waals surface area contributed by atoms with E-state index in [4.69, 9.17) is 9.97 Å². The minimum atomic E-state index is 0.156. The summed E-state index contributed by atoms with van der Waals surface area (Å²) in [5.41, 5.74) is 6.56. The van der Waals surface area contributed by atoms with Gasteiger partial charge in [0.05, 0.1) is 34.7 Å². The Morgan fingerprint density at radius 2 is 1.88 bits per heavy atom. The SMILES string of the molecule is CCCNCc1nc2ccc(-c3ccc4c(ccc5[nH]c(C6C=CCCN6)nc54)c3)cc2[nH]1. The molecule has 6 heteroatoms. The van der Waals surface area contributed by atoms with Gasteiger partial charge in [0.25, 0.3) is 0 Å². The van der Waals surface area contributed by atoms with Gasteiger partial charge < -0.3 is 20.6 Å². The fraction of sp³-hybridized carbons (Fsp3) is 0.259. The number of nitrogens with one attached hydrogen (secondary N) is 4. The van der Waals surface area contributed by atoms with Gasteiger partial charge in [0.1, 0.15) is 11.6 Å². The van der Waals surface area contributed by atoms with Crippen molar-refractivity contribution in [2.24, 2.45) is 0 Å². The van der Waals surface area contributed by atoms with E-state index in [1.807, 2.05) is 0 Å². The van der Waals surface area contributed by atoms with Gasteiger partial charge in [0, 0.05) is 5.39 Å². The van der Waals surface area contributed by atoms with Crippen LogP contribution in [0.4, 0.5) is 0 Å². The molecule has 166 valence electrons. The van der Waals surface area contributed by atoms with E-state index in [1.54, 1.807) is 0 Å². The lowest BCUT2D eigenvalue weighted by molar-refractivity contribution is 0.580. The fourth-order valence-corrected chi connectivity index (χ4v) is 4.67. The van der Waals surface area contributed by atoms with Crippen LogP contribution in [0.15, 0.2) is 60.7 Å². The molecule has 4 N–H and O–H groups in total. The lowest BCUT2D eigenvalue weighted by atomic mass is 10.0. The first kappa shape index (κ1) is 20.1. The van der Waals surface area contributed by atoms with Crippen molar-refractivity contribution in [3.8, 4) is 11.1 Å². The fourth-order valence-electron chi connectivity index (χ4n) is 4.67. The zero-order valence-corrected chi connectivity index (χ0v) is 18.8. The highest BCUT2D eigenvalue weighted by Gasteiger charge is 2.16. The van der Waals surface area contributed by atoms with Gasteiger partial charge in [0.15, 0.2) is 0 Å². The molecule has 2 aromatic heterocycles. The molecule has 3 heterocycles. The first-order valence-corrected chi connectivity index (χ1v) is 11.8. The van der Waals surface area contributed by atoms with E-state index in [9.17, 15) is 0 Å². The van der Waals surface area contributed by atoms with Crippen LogP contribution in [0.25, 0.3) is 44.0 Å². The molecule has 6 rings (SSSR count). The summed E-state index contributed by atoms with van der Waals surface area (Å²) in [4.78, 5) is 16.6. The van der Waals surface area contributed by atoms with Crippen molar-refractivity contribution in [3.05, 3.63) is 72.3 Å². The number of nitrogens with zero attached hydrogens (tertiary/aromatic N) is 2. The molecule has 0 aliphatic carbocycles. The molecule has 1 atom stereocenters. The predicted octanol–water partition coefficient (Wildman–Crippen LogP) is 5.35. The van der Waals surface area contributed by atoms with Crippen molar-refractivity contribution >= 4 is 32.8 Å². The molecule has 0 saturated carbocycles. The molecule has 6 nitrogen and oxygen atoms in total. The maximum absolute atomic E-state index is 4.95. The molecule has 1 aliphatic heterocycles. The highest BCUT2D eigenvalue weighted by Crippen LogP contribution is 2.31. The summed E-state index contributed by atoms with van der Waals surface area (Å²) in [6.45, 7) is 4.92. The summed E-state index contributed by atoms with van der Waals surface area (Å²) in [5, 5.41) is 9.28. The van der Waals surface area contributed by atoms with E-state index in [1.165, 1.54) is 21.9 Å². The van der Waals surface area contributed by atoms with Gasteiger partial charge in [-0.3, -0.25) is 0 Å². The van der Waals surface area contributed by atoms with Crippen molar-refractivity contribution in [2.45, 2.75) is 32.4 Å². The number of benzene rings is 3. The van der Waals surface area contributed by atoms with Crippen LogP contribution in [-0.2, 0) is 6.54 Å². The highest BCUT2D eigenvalue weighted by atomic mass is 15.0. The number of fused-ring (bicyclic) bond motifs is 4. The van der Waals surface area contributed by atoms with Crippen molar-refractivity contribution < 1.29 is 0 Å². The van der Waals surface area contributed by atoms with Crippen LogP contribution in [0.1, 0.15) is 37.5 Å². The molecule has 0 radical (unpaired) electrons. The third-order valence-electron chi connectivity index (χ3n) is 6.37. The van der Waals surface area contributed by atoms with Crippen molar-refractivity contribution in [3.63, 3.8) is 0 Å². The Labute approximate surface area is 192 Å². The monoisotopic (exact) mass is 436 g/mol. The summed E-state index contributed by atoms with van der Waals surface area (Å²) < 4.78 is 0. The van der Waals surface area contributed by atoms with E-state index in [0.29, 0.717) is 0 Å². The molecule has 3 aromatic carbocycles. The van der Waals surface area contributed by atoms with Crippen LogP contribution in [-0.4, -0.2) is 33.0 Å². The number of hydrogen-bond donors (Lipinski definition) is 4. The Kier molecular flexibility index (Phi) is 5.17. The van der Waals surface area contributed by atoms with Gasteiger partial charge in [0.2, 0.25) is 0 Å². The molecule has 1 aliphatic rings. The van der Waals surface area contributed by atoms with Crippen LogP contribution in [0.3, 0.4) is 0 Å². The molecule has 0 saturated heterocycles. The molecule has 0 fully saturated rings. The Balaban J connectivity index is 1.34. The van der Waals surface area contributed by atoms with Crippen LogP contribution < -0.4 is 10.6 Å². The molecule has 0 spiro atoms. The lowest BCUT2D eigenvalue weighted by Gasteiger charge is -2.15. The first-order valence-electron chi connectivity index (χ1n) is 11.8. The summed E-state index contributed by atoms with van der Waals surface area (Å²) in [6.07, 6.45) is 6.61. The summed E-state index contributed by atoms with van der Waals surface area (Å²) >= 11 is 0. The van der Waals surface area contributed by atoms with Crippen molar-refractivity contribution in [1.29, 1.82) is 0 Å². The van der Waals surface area contributed by atoms with Gasteiger partial charge in [-0.1, -0.05) is 43.3 Å². The minimum Gasteiger partial charge on any atom is -0.341 e. The van der Waals surface area contributed by atoms with Crippen LogP contribution in [0, 0.1) is 0 Å². The van der Waals surface area contributed by atoms with Gasteiger partial charge in [-0.2, -0.15) is 0 Å². The predicted molar refractivity (Wildman–Crippen MR) is 135 cm³/mol. The van der Waals surface area contributed by atoms with E-state index in [0.717, 1.165) is 66.2 Å². The molecule has 1 unspecified atom stereocenters. The number of aromatic amines is 2. The second-order valence-corrected chi connectivity index (χ2v) is 8.76. The number of aromatic nitrogens is 4. The molecule has 0 bridgehead atoms. The Morgan fingerprint density at radius 1 is 0.970 bits per heavy atom. The lowest BCUT2D eigenvalue weighted by Crippen LogP contribution is -2.24. The molecular weight excluding hydrogens is 408 g/mol. The average Bonchev–Trinajstić information content (AvgIpc) is 3.48. The van der Waals surface area contributed by atoms with Gasteiger partial charge in [-0.15, -0.1) is 0 Å². The number of H-pyrrole nitrogens is 2. The molecule has 33 heavy (non-hydrogen) atoms. The molecule has 0 amide bonds. The average molecular weight is 437 g/mol. The normalized spacial score (nSPS) is 16.3. The van der Waals surface area contributed by atoms with Gasteiger partial charge in [-0.25, -0.2) is 9.97 Å². The maximum atomic E-state index is 4.95. The van der Waals surface area contributed by atoms with Crippen LogP contribution in [0.5, 0.6) is 0 Å². The number of hydrogen-bond acceptors (Lipinski definition) is 4. The van der Waals surface area contributed by atoms with Crippen LogP contribution in [0.2, 0.25) is 0 Å². The maximum Gasteiger partial charge on any atom is 0.128 e. The van der Waals surface area contributed by atoms with E-state index < -0.39 is 0 Å². The Hall–Kier alpha value is -3.48. The van der Waals surface area contributed by atoms with E-state index in [-0.39, 0.29) is 6.04 Å². The first-order chi connectivity index (χ1) is 16.3. The van der Waals surface area contributed by atoms with Crippen LogP contribution >= 0.6 is 0 Å². The zero-order valence-electron chi connectivity index (χ0n) is 18.8. The smallest absolute Gasteiger partial charge is 0.128 e. The summed E-state index contributed by atoms with van der Waals surface area (Å²) in [6, 6.07) is 17.6. The quantitative estimate of drug-likeness (QED) is 0.214. The zero-order chi connectivity index (χ0) is 22.2. The highest BCUT2D eigenvalue weighted by molar-refractivity contribution is 6.05. The molecular formula is C27H28N6. The van der Waals surface area contributed by atoms with Crippen molar-refractivity contribution in [2.75, 3.05) is 13.1 Å². The third kappa shape index (κ3) is 3.81. The minimum absolute atomic E-state index is 0.156. The Morgan fingerprint density at radius 3 is 2.76 bits per heavy atom. The number of imidazole rings is 2. The van der Waals surface area contributed by atoms with Gasteiger partial charge in [-0.05, 0) is 66.7 Å². The summed E-state index contributed by atoms with van der Waals surface area (Å²) in [7, 11) is 0. The largest absolute Gasteiger partial charge is 0.341 e. The second kappa shape index (κ2) is 8.46. The number of rotatable bonds is 6. The Bertz CT molecular complexity index is 1470. The second-order valence-electron chi connectivity index (χ2n) is 8.76. The van der Waals surface area contributed by atoms with Crippen molar-refractivity contribution in [1.82, 2.24) is 30.6 Å². The van der Waals surface area contributed by atoms with E-state index in [2.05, 4.69) is 88.2 Å². The standard InChI is InChI=1S/C27H28N6/c1-2-12-28-16-25-30-21-10-7-18(15-24(21)31-25)17-6-9-20-19(14-17)8-11-22-26(20)33-27(32-22)23-5-3-4-13-29-23/h3,5-11,14-15,23,28-29H,2,4,12-13,16H2,1H3,(H,30,31)(H,32,33).